The third-order valence-electron chi connectivity index (χ3n) is 3.12. The number of hydrogen-bond donors (Lipinski definition) is 1. The minimum absolute atomic E-state index is 0.0252. The van der Waals surface area contributed by atoms with Crippen molar-refractivity contribution in [2.45, 2.75) is 12.5 Å². The minimum atomic E-state index is -0.891. The highest BCUT2D eigenvalue weighted by atomic mass is 16.4. The third kappa shape index (κ3) is 2.42. The third-order valence-corrected chi connectivity index (χ3v) is 3.12. The number of carbonyl (C=O) groups is 2. The number of carboxylic acids is 1. The topological polar surface area (TPSA) is 73.7 Å². The van der Waals surface area contributed by atoms with E-state index in [1.54, 1.807) is 29.2 Å². The Morgan fingerprint density at radius 2 is 2.17 bits per heavy atom. The largest absolute Gasteiger partial charge is 0.481 e. The molecule has 1 unspecified atom stereocenters. The summed E-state index contributed by atoms with van der Waals surface area (Å²) in [5.74, 6) is -0.891. The van der Waals surface area contributed by atoms with Crippen LogP contribution >= 0.6 is 0 Å². The molecule has 1 saturated heterocycles. The summed E-state index contributed by atoms with van der Waals surface area (Å²) in [6.07, 6.45) is 3.35. The molecule has 1 aromatic rings. The van der Waals surface area contributed by atoms with Crippen molar-refractivity contribution < 1.29 is 14.7 Å². The molecular formula is C12H15N3O3. The van der Waals surface area contributed by atoms with Crippen molar-refractivity contribution in [3.63, 3.8) is 0 Å². The molecule has 96 valence electrons. The van der Waals surface area contributed by atoms with Crippen LogP contribution in [0.2, 0.25) is 0 Å². The summed E-state index contributed by atoms with van der Waals surface area (Å²) in [5, 5.41) is 8.65. The molecule has 1 aliphatic heterocycles. The van der Waals surface area contributed by atoms with Gasteiger partial charge in [-0.05, 0) is 17.7 Å². The van der Waals surface area contributed by atoms with Crippen molar-refractivity contribution >= 4 is 12.0 Å². The van der Waals surface area contributed by atoms with Crippen molar-refractivity contribution in [1.29, 1.82) is 0 Å². The highest BCUT2D eigenvalue weighted by Crippen LogP contribution is 2.27. The Hall–Kier alpha value is -2.11. The monoisotopic (exact) mass is 249 g/mol. The van der Waals surface area contributed by atoms with Gasteiger partial charge in [0.15, 0.2) is 0 Å². The summed E-state index contributed by atoms with van der Waals surface area (Å²) >= 11 is 0. The van der Waals surface area contributed by atoms with E-state index in [1.807, 2.05) is 12.1 Å². The second-order valence-corrected chi connectivity index (χ2v) is 4.28. The van der Waals surface area contributed by atoms with Gasteiger partial charge in [-0.15, -0.1) is 0 Å². The zero-order chi connectivity index (χ0) is 13.1. The number of likely N-dealkylation sites (N-methyl/N-ethyl adjacent to an activating group) is 1. The first-order chi connectivity index (χ1) is 8.59. The Balaban J connectivity index is 2.07. The molecule has 1 atom stereocenters. The SMILES string of the molecule is CN1C(=O)N(CCC(=O)O)CC1c1ccncc1. The maximum absolute atomic E-state index is 11.9. The van der Waals surface area contributed by atoms with Gasteiger partial charge in [0.2, 0.25) is 0 Å². The molecule has 0 saturated carbocycles. The maximum atomic E-state index is 11.9. The zero-order valence-electron chi connectivity index (χ0n) is 10.1. The highest BCUT2D eigenvalue weighted by Gasteiger charge is 2.35. The lowest BCUT2D eigenvalue weighted by Crippen LogP contribution is -2.31. The molecule has 1 aromatic heterocycles. The molecule has 6 heteroatoms. The van der Waals surface area contributed by atoms with E-state index in [1.165, 1.54) is 0 Å². The quantitative estimate of drug-likeness (QED) is 0.862. The maximum Gasteiger partial charge on any atom is 0.320 e. The van der Waals surface area contributed by atoms with E-state index in [2.05, 4.69) is 4.98 Å². The van der Waals surface area contributed by atoms with Crippen LogP contribution in [0, 0.1) is 0 Å². The Bertz CT molecular complexity index is 449. The molecule has 1 aliphatic rings. The number of aromatic nitrogens is 1. The van der Waals surface area contributed by atoms with Crippen molar-refractivity contribution in [3.05, 3.63) is 30.1 Å². The van der Waals surface area contributed by atoms with Gasteiger partial charge in [0.25, 0.3) is 0 Å². The van der Waals surface area contributed by atoms with Crippen LogP contribution in [0.15, 0.2) is 24.5 Å². The van der Waals surface area contributed by atoms with Gasteiger partial charge in [0.1, 0.15) is 0 Å². The number of carboxylic acid groups (broad SMARTS) is 1. The molecule has 2 rings (SSSR count). The fraction of sp³-hybridized carbons (Fsp3) is 0.417. The van der Waals surface area contributed by atoms with Crippen LogP contribution in [0.4, 0.5) is 4.79 Å². The van der Waals surface area contributed by atoms with Crippen LogP contribution in [0.25, 0.3) is 0 Å². The number of hydrogen-bond acceptors (Lipinski definition) is 3. The predicted octanol–water partition coefficient (Wildman–Crippen LogP) is 0.965. The minimum Gasteiger partial charge on any atom is -0.481 e. The Morgan fingerprint density at radius 3 is 2.78 bits per heavy atom. The highest BCUT2D eigenvalue weighted by molar-refractivity contribution is 5.78. The second kappa shape index (κ2) is 5.03. The van der Waals surface area contributed by atoms with E-state index in [4.69, 9.17) is 5.11 Å². The molecule has 1 fully saturated rings. The van der Waals surface area contributed by atoms with Gasteiger partial charge < -0.3 is 14.9 Å². The van der Waals surface area contributed by atoms with Gasteiger partial charge in [0.05, 0.1) is 12.5 Å². The molecule has 0 bridgehead atoms. The molecule has 6 nitrogen and oxygen atoms in total. The number of aliphatic carboxylic acids is 1. The molecule has 0 radical (unpaired) electrons. The van der Waals surface area contributed by atoms with E-state index in [-0.39, 0.29) is 25.0 Å². The number of rotatable bonds is 4. The second-order valence-electron chi connectivity index (χ2n) is 4.28. The number of urea groups is 1. The number of nitrogens with zero attached hydrogens (tertiary/aromatic N) is 3. The Kier molecular flexibility index (Phi) is 3.45. The van der Waals surface area contributed by atoms with Gasteiger partial charge in [0, 0.05) is 32.5 Å². The summed E-state index contributed by atoms with van der Waals surface area (Å²) < 4.78 is 0. The molecule has 0 aliphatic carbocycles. The average Bonchev–Trinajstić information content (AvgIpc) is 2.65. The van der Waals surface area contributed by atoms with Crippen molar-refractivity contribution in [1.82, 2.24) is 14.8 Å². The summed E-state index contributed by atoms with van der Waals surface area (Å²) in [4.78, 5) is 29.6. The molecule has 1 N–H and O–H groups in total. The van der Waals surface area contributed by atoms with Crippen molar-refractivity contribution in [2.24, 2.45) is 0 Å². The van der Waals surface area contributed by atoms with Crippen LogP contribution in [-0.4, -0.2) is 52.0 Å². The standard InChI is InChI=1S/C12H15N3O3/c1-14-10(9-2-5-13-6-3-9)8-15(12(14)18)7-4-11(16)17/h2-3,5-6,10H,4,7-8H2,1H3,(H,16,17). The van der Waals surface area contributed by atoms with Crippen LogP contribution in [0.5, 0.6) is 0 Å². The van der Waals surface area contributed by atoms with Crippen LogP contribution in [-0.2, 0) is 4.79 Å². The molecule has 0 spiro atoms. The molecule has 2 heterocycles. The van der Waals surface area contributed by atoms with Gasteiger partial charge in [-0.1, -0.05) is 0 Å². The van der Waals surface area contributed by atoms with E-state index in [9.17, 15) is 9.59 Å². The average molecular weight is 249 g/mol. The van der Waals surface area contributed by atoms with Crippen molar-refractivity contribution in [3.8, 4) is 0 Å². The van der Waals surface area contributed by atoms with Crippen LogP contribution < -0.4 is 0 Å². The molecule has 0 aromatic carbocycles. The summed E-state index contributed by atoms with van der Waals surface area (Å²) in [6, 6.07) is 3.58. The normalized spacial score (nSPS) is 19.4. The first-order valence-electron chi connectivity index (χ1n) is 5.73. The lowest BCUT2D eigenvalue weighted by Gasteiger charge is -2.17. The van der Waals surface area contributed by atoms with E-state index >= 15 is 0 Å². The first-order valence-corrected chi connectivity index (χ1v) is 5.73. The molecule has 18 heavy (non-hydrogen) atoms. The molecular weight excluding hydrogens is 234 g/mol. The molecule has 2 amide bonds. The number of pyridine rings is 1. The number of amides is 2. The van der Waals surface area contributed by atoms with Crippen LogP contribution in [0.1, 0.15) is 18.0 Å². The smallest absolute Gasteiger partial charge is 0.320 e. The van der Waals surface area contributed by atoms with E-state index in [0.29, 0.717) is 6.54 Å². The lowest BCUT2D eigenvalue weighted by molar-refractivity contribution is -0.137. The first kappa shape index (κ1) is 12.3. The van der Waals surface area contributed by atoms with Gasteiger partial charge in [-0.25, -0.2) is 4.79 Å². The summed E-state index contributed by atoms with van der Waals surface area (Å²) in [5.41, 5.74) is 1.01. The van der Waals surface area contributed by atoms with Crippen LogP contribution in [0.3, 0.4) is 0 Å². The van der Waals surface area contributed by atoms with Gasteiger partial charge in [-0.3, -0.25) is 9.78 Å². The van der Waals surface area contributed by atoms with E-state index < -0.39 is 5.97 Å². The van der Waals surface area contributed by atoms with Gasteiger partial charge >= 0.3 is 12.0 Å². The van der Waals surface area contributed by atoms with E-state index in [0.717, 1.165) is 5.56 Å². The zero-order valence-corrected chi connectivity index (χ0v) is 10.1. The van der Waals surface area contributed by atoms with Crippen molar-refractivity contribution in [2.75, 3.05) is 20.1 Å². The lowest BCUT2D eigenvalue weighted by atomic mass is 10.1. The summed E-state index contributed by atoms with van der Waals surface area (Å²) in [6.45, 7) is 0.771. The van der Waals surface area contributed by atoms with Gasteiger partial charge in [-0.2, -0.15) is 0 Å². The Morgan fingerprint density at radius 1 is 1.50 bits per heavy atom. The Labute approximate surface area is 105 Å². The predicted molar refractivity (Wildman–Crippen MR) is 64.0 cm³/mol. The fourth-order valence-corrected chi connectivity index (χ4v) is 2.10. The summed E-state index contributed by atoms with van der Waals surface area (Å²) in [7, 11) is 1.73. The fourth-order valence-electron chi connectivity index (χ4n) is 2.10. The number of carbonyl (C=O) groups excluding carboxylic acids is 1.